The molecule has 67 heavy (non-hydrogen) atoms. The molecule has 398 valence electrons. The number of hydrogen-bond donors (Lipinski definition) is 4. The molecule has 0 aromatic carbocycles. The van der Waals surface area contributed by atoms with E-state index in [4.69, 9.17) is 0 Å². The molecule has 0 saturated heterocycles. The van der Waals surface area contributed by atoms with Crippen molar-refractivity contribution < 1.29 is 20.1 Å². The fourth-order valence-corrected chi connectivity index (χ4v) is 9.81. The second kappa shape index (κ2) is 57.4. The third-order valence-corrected chi connectivity index (χ3v) is 14.5. The molecule has 1 amide bonds. The van der Waals surface area contributed by atoms with Crippen molar-refractivity contribution in [1.29, 1.82) is 0 Å². The fraction of sp³-hybridized carbons (Fsp3) is 0.919. The maximum atomic E-state index is 12.5. The lowest BCUT2D eigenvalue weighted by atomic mass is 10.0. The summed E-state index contributed by atoms with van der Waals surface area (Å²) in [5, 5.41) is 33.8. The van der Waals surface area contributed by atoms with Gasteiger partial charge in [-0.25, -0.2) is 0 Å². The lowest BCUT2D eigenvalue weighted by Crippen LogP contribution is -2.50. The van der Waals surface area contributed by atoms with Gasteiger partial charge < -0.3 is 20.6 Å². The Morgan fingerprint density at radius 3 is 0.866 bits per heavy atom. The van der Waals surface area contributed by atoms with Crippen molar-refractivity contribution in [3.8, 4) is 0 Å². The van der Waals surface area contributed by atoms with Crippen LogP contribution in [0.2, 0.25) is 0 Å². The standard InChI is InChI=1S/C62H121NO4/c1-3-5-7-9-11-13-15-17-19-21-23-25-27-28-29-30-31-32-33-35-37-39-41-43-45-47-49-51-53-55-57-61(66)63-59(58-64)62(67)60(65)56-54-52-50-48-46-44-42-40-38-36-34-26-24-22-20-18-16-14-12-10-8-6-4-2/h28-29,48,50,59-60,62,64-65,67H,3-27,30-47,49,51-58H2,1-2H3,(H,63,66)/b29-28-,50-48+. The van der Waals surface area contributed by atoms with Crippen molar-refractivity contribution >= 4 is 5.91 Å². The molecule has 3 unspecified atom stereocenters. The molecule has 4 N–H and O–H groups in total. The van der Waals surface area contributed by atoms with Gasteiger partial charge in [-0.15, -0.1) is 0 Å². The lowest BCUT2D eigenvalue weighted by molar-refractivity contribution is -0.124. The summed E-state index contributed by atoms with van der Waals surface area (Å²) < 4.78 is 0. The Bertz CT molecular complexity index is 998. The lowest BCUT2D eigenvalue weighted by Gasteiger charge is -2.26. The van der Waals surface area contributed by atoms with Crippen molar-refractivity contribution in [2.24, 2.45) is 0 Å². The molecule has 0 fully saturated rings. The van der Waals surface area contributed by atoms with Gasteiger partial charge in [0.25, 0.3) is 0 Å². The van der Waals surface area contributed by atoms with Gasteiger partial charge in [-0.05, 0) is 64.2 Å². The van der Waals surface area contributed by atoms with Crippen molar-refractivity contribution in [2.75, 3.05) is 6.61 Å². The molecular weight excluding hydrogens is 823 g/mol. The maximum absolute atomic E-state index is 12.5. The first-order chi connectivity index (χ1) is 33.1. The highest BCUT2D eigenvalue weighted by Crippen LogP contribution is 2.18. The van der Waals surface area contributed by atoms with Gasteiger partial charge in [0.15, 0.2) is 0 Å². The quantitative estimate of drug-likeness (QED) is 0.0361. The zero-order valence-corrected chi connectivity index (χ0v) is 45.6. The monoisotopic (exact) mass is 944 g/mol. The Morgan fingerprint density at radius 2 is 0.597 bits per heavy atom. The minimum Gasteiger partial charge on any atom is -0.394 e. The van der Waals surface area contributed by atoms with Crippen molar-refractivity contribution in [3.05, 3.63) is 24.3 Å². The number of nitrogens with one attached hydrogen (secondary N) is 1. The average Bonchev–Trinajstić information content (AvgIpc) is 3.33. The first kappa shape index (κ1) is 65.8. The summed E-state index contributed by atoms with van der Waals surface area (Å²) in [6.45, 7) is 4.21. The SMILES string of the molecule is CCCCCCCCCCCCCC/C=C\CCCCCCCCCCCCCCCCC(=O)NC(CO)C(O)C(O)CCC/C=C/CCCCCCCCCCCCCCCCCCCC. The molecule has 0 aromatic rings. The minimum absolute atomic E-state index is 0.148. The summed E-state index contributed by atoms with van der Waals surface area (Å²) >= 11 is 0. The second-order valence-electron chi connectivity index (χ2n) is 21.3. The van der Waals surface area contributed by atoms with Gasteiger partial charge in [-0.3, -0.25) is 4.79 Å². The van der Waals surface area contributed by atoms with Crippen molar-refractivity contribution in [1.82, 2.24) is 5.32 Å². The van der Waals surface area contributed by atoms with Crippen LogP contribution in [-0.2, 0) is 4.79 Å². The molecule has 0 saturated carbocycles. The molecule has 5 nitrogen and oxygen atoms in total. The van der Waals surface area contributed by atoms with Crippen LogP contribution in [0.1, 0.15) is 341 Å². The highest BCUT2D eigenvalue weighted by atomic mass is 16.3. The van der Waals surface area contributed by atoms with Crippen LogP contribution in [0.3, 0.4) is 0 Å². The zero-order valence-electron chi connectivity index (χ0n) is 45.6. The molecule has 0 aliphatic heterocycles. The predicted molar refractivity (Wildman–Crippen MR) is 296 cm³/mol. The van der Waals surface area contributed by atoms with E-state index in [2.05, 4.69) is 43.5 Å². The predicted octanol–water partition coefficient (Wildman–Crippen LogP) is 19.2. The van der Waals surface area contributed by atoms with Gasteiger partial charge in [0.05, 0.1) is 18.8 Å². The number of aliphatic hydroxyl groups excluding tert-OH is 3. The number of unbranched alkanes of at least 4 members (excludes halogenated alkanes) is 45. The first-order valence-corrected chi connectivity index (χ1v) is 30.6. The fourth-order valence-electron chi connectivity index (χ4n) is 9.81. The summed E-state index contributed by atoms with van der Waals surface area (Å²) in [5.41, 5.74) is 0. The van der Waals surface area contributed by atoms with E-state index in [9.17, 15) is 20.1 Å². The number of carbonyl (C=O) groups excluding carboxylic acids is 1. The van der Waals surface area contributed by atoms with E-state index >= 15 is 0 Å². The molecule has 0 bridgehead atoms. The smallest absolute Gasteiger partial charge is 0.220 e. The van der Waals surface area contributed by atoms with Crippen LogP contribution >= 0.6 is 0 Å². The third-order valence-electron chi connectivity index (χ3n) is 14.5. The molecule has 0 spiro atoms. The van der Waals surface area contributed by atoms with Gasteiger partial charge in [0.2, 0.25) is 5.91 Å². The topological polar surface area (TPSA) is 89.8 Å². The Labute approximate surface area is 420 Å². The van der Waals surface area contributed by atoms with E-state index < -0.39 is 18.2 Å². The Kier molecular flexibility index (Phi) is 56.4. The normalized spacial score (nSPS) is 13.3. The Morgan fingerprint density at radius 1 is 0.358 bits per heavy atom. The van der Waals surface area contributed by atoms with Crippen LogP contribution in [0.15, 0.2) is 24.3 Å². The van der Waals surface area contributed by atoms with E-state index in [1.165, 1.54) is 276 Å². The number of hydrogen-bond acceptors (Lipinski definition) is 4. The molecular formula is C62H121NO4. The molecule has 0 radical (unpaired) electrons. The van der Waals surface area contributed by atoms with Crippen LogP contribution in [0, 0.1) is 0 Å². The molecule has 0 aliphatic rings. The zero-order chi connectivity index (χ0) is 48.6. The number of carbonyl (C=O) groups is 1. The summed E-state index contributed by atoms with van der Waals surface area (Å²) in [6, 6.07) is -0.825. The number of rotatable bonds is 57. The molecule has 0 aromatic heterocycles. The van der Waals surface area contributed by atoms with E-state index in [1.807, 2.05) is 0 Å². The number of allylic oxidation sites excluding steroid dienone is 4. The average molecular weight is 945 g/mol. The van der Waals surface area contributed by atoms with Gasteiger partial charge in [0, 0.05) is 6.42 Å². The molecule has 3 atom stereocenters. The second-order valence-corrected chi connectivity index (χ2v) is 21.3. The van der Waals surface area contributed by atoms with E-state index in [0.717, 1.165) is 38.5 Å². The van der Waals surface area contributed by atoms with Crippen molar-refractivity contribution in [3.63, 3.8) is 0 Å². The largest absolute Gasteiger partial charge is 0.394 e. The molecule has 0 heterocycles. The van der Waals surface area contributed by atoms with Crippen LogP contribution in [0.5, 0.6) is 0 Å². The highest BCUT2D eigenvalue weighted by molar-refractivity contribution is 5.76. The highest BCUT2D eigenvalue weighted by Gasteiger charge is 2.26. The van der Waals surface area contributed by atoms with Crippen LogP contribution in [-0.4, -0.2) is 46.1 Å². The van der Waals surface area contributed by atoms with Crippen molar-refractivity contribution in [2.45, 2.75) is 360 Å². The van der Waals surface area contributed by atoms with E-state index in [0.29, 0.717) is 12.8 Å². The minimum atomic E-state index is -1.16. The van der Waals surface area contributed by atoms with Gasteiger partial charge >= 0.3 is 0 Å². The van der Waals surface area contributed by atoms with E-state index in [1.54, 1.807) is 0 Å². The van der Waals surface area contributed by atoms with Gasteiger partial charge in [-0.2, -0.15) is 0 Å². The van der Waals surface area contributed by atoms with Crippen LogP contribution < -0.4 is 5.32 Å². The van der Waals surface area contributed by atoms with Gasteiger partial charge in [0.1, 0.15) is 6.10 Å². The van der Waals surface area contributed by atoms with Gasteiger partial charge in [-0.1, -0.05) is 295 Å². The number of amides is 1. The third kappa shape index (κ3) is 52.5. The van der Waals surface area contributed by atoms with Crippen LogP contribution in [0.25, 0.3) is 0 Å². The molecule has 5 heteroatoms. The summed E-state index contributed by atoms with van der Waals surface area (Å²) in [7, 11) is 0. The molecule has 0 rings (SSSR count). The maximum Gasteiger partial charge on any atom is 0.220 e. The first-order valence-electron chi connectivity index (χ1n) is 30.6. The molecule has 0 aliphatic carbocycles. The van der Waals surface area contributed by atoms with Crippen LogP contribution in [0.4, 0.5) is 0 Å². The summed E-state index contributed by atoms with van der Waals surface area (Å²) in [4.78, 5) is 12.5. The van der Waals surface area contributed by atoms with E-state index in [-0.39, 0.29) is 12.5 Å². The Balaban J connectivity index is 3.52. The Hall–Kier alpha value is -1.17. The summed E-state index contributed by atoms with van der Waals surface area (Å²) in [5.74, 6) is -0.148. The number of aliphatic hydroxyl groups is 3. The summed E-state index contributed by atoms with van der Waals surface area (Å²) in [6.07, 6.45) is 73.6.